The van der Waals surface area contributed by atoms with E-state index in [9.17, 15) is 0 Å². The Morgan fingerprint density at radius 2 is 1.84 bits per heavy atom. The van der Waals surface area contributed by atoms with Crippen molar-refractivity contribution in [1.29, 1.82) is 0 Å². The number of morpholine rings is 1. The lowest BCUT2D eigenvalue weighted by molar-refractivity contribution is 0.122. The van der Waals surface area contributed by atoms with Crippen molar-refractivity contribution in [3.05, 3.63) is 30.2 Å². The maximum absolute atomic E-state index is 5.45. The highest BCUT2D eigenvalue weighted by Crippen LogP contribution is 2.29. The molecule has 1 unspecified atom stereocenters. The van der Waals surface area contributed by atoms with E-state index in [1.165, 1.54) is 51.6 Å². The Labute approximate surface area is 151 Å². The molecule has 0 bridgehead atoms. The van der Waals surface area contributed by atoms with Crippen molar-refractivity contribution in [2.24, 2.45) is 0 Å². The SMILES string of the molecule is C1=CC(N2CCC(c3nccc(N4CCOCC4)n3)CC2)CCCC1. The molecule has 136 valence electrons. The summed E-state index contributed by atoms with van der Waals surface area (Å²) >= 11 is 0. The Kier molecular flexibility index (Phi) is 5.62. The molecule has 0 saturated carbocycles. The second-order valence-electron chi connectivity index (χ2n) is 7.46. The average molecular weight is 342 g/mol. The fraction of sp³-hybridized carbons (Fsp3) is 0.700. The van der Waals surface area contributed by atoms with Crippen molar-refractivity contribution in [3.8, 4) is 0 Å². The fourth-order valence-corrected chi connectivity index (χ4v) is 4.29. The first-order chi connectivity index (χ1) is 12.4. The highest BCUT2D eigenvalue weighted by molar-refractivity contribution is 5.38. The predicted molar refractivity (Wildman–Crippen MR) is 100 cm³/mol. The van der Waals surface area contributed by atoms with Crippen LogP contribution >= 0.6 is 0 Å². The summed E-state index contributed by atoms with van der Waals surface area (Å²) in [5, 5.41) is 0. The van der Waals surface area contributed by atoms with E-state index >= 15 is 0 Å². The van der Waals surface area contributed by atoms with Gasteiger partial charge in [0.15, 0.2) is 0 Å². The van der Waals surface area contributed by atoms with E-state index in [4.69, 9.17) is 9.72 Å². The van der Waals surface area contributed by atoms with Crippen LogP contribution in [0.25, 0.3) is 0 Å². The molecule has 3 heterocycles. The van der Waals surface area contributed by atoms with Gasteiger partial charge in [0.1, 0.15) is 11.6 Å². The molecule has 1 atom stereocenters. The molecule has 25 heavy (non-hydrogen) atoms. The van der Waals surface area contributed by atoms with E-state index in [2.05, 4.69) is 26.9 Å². The summed E-state index contributed by atoms with van der Waals surface area (Å²) in [5.41, 5.74) is 0. The number of rotatable bonds is 3. The molecule has 1 aromatic rings. The van der Waals surface area contributed by atoms with Gasteiger partial charge >= 0.3 is 0 Å². The molecule has 0 radical (unpaired) electrons. The van der Waals surface area contributed by atoms with Crippen LogP contribution in [0.2, 0.25) is 0 Å². The zero-order chi connectivity index (χ0) is 16.9. The third-order valence-electron chi connectivity index (χ3n) is 5.84. The zero-order valence-corrected chi connectivity index (χ0v) is 15.1. The Hall–Kier alpha value is -1.46. The third kappa shape index (κ3) is 4.21. The van der Waals surface area contributed by atoms with E-state index in [1.54, 1.807) is 0 Å². The molecule has 0 N–H and O–H groups in total. The number of piperidine rings is 1. The van der Waals surface area contributed by atoms with Gasteiger partial charge in [0.2, 0.25) is 0 Å². The van der Waals surface area contributed by atoms with Crippen molar-refractivity contribution in [2.45, 2.75) is 50.5 Å². The minimum absolute atomic E-state index is 0.506. The van der Waals surface area contributed by atoms with E-state index in [0.717, 1.165) is 37.9 Å². The quantitative estimate of drug-likeness (QED) is 0.790. The summed E-state index contributed by atoms with van der Waals surface area (Å²) in [5.74, 6) is 2.62. The molecule has 2 aliphatic heterocycles. The average Bonchev–Trinajstić information content (AvgIpc) is 2.98. The smallest absolute Gasteiger partial charge is 0.133 e. The first-order valence-electron chi connectivity index (χ1n) is 9.96. The van der Waals surface area contributed by atoms with Gasteiger partial charge in [-0.3, -0.25) is 4.90 Å². The second kappa shape index (κ2) is 8.28. The monoisotopic (exact) mass is 342 g/mol. The minimum Gasteiger partial charge on any atom is -0.378 e. The number of anilines is 1. The van der Waals surface area contributed by atoms with Crippen molar-refractivity contribution >= 4 is 5.82 Å². The topological polar surface area (TPSA) is 41.5 Å². The number of nitrogens with zero attached hydrogens (tertiary/aromatic N) is 4. The fourth-order valence-electron chi connectivity index (χ4n) is 4.29. The highest BCUT2D eigenvalue weighted by atomic mass is 16.5. The lowest BCUT2D eigenvalue weighted by atomic mass is 9.94. The van der Waals surface area contributed by atoms with Crippen LogP contribution in [-0.2, 0) is 4.74 Å². The summed E-state index contributed by atoms with van der Waals surface area (Å²) < 4.78 is 5.45. The summed E-state index contributed by atoms with van der Waals surface area (Å²) in [7, 11) is 0. The van der Waals surface area contributed by atoms with Crippen LogP contribution in [0.5, 0.6) is 0 Å². The molecule has 0 spiro atoms. The van der Waals surface area contributed by atoms with Crippen LogP contribution in [-0.4, -0.2) is 60.3 Å². The first-order valence-corrected chi connectivity index (χ1v) is 9.96. The van der Waals surface area contributed by atoms with Gasteiger partial charge in [-0.2, -0.15) is 0 Å². The number of allylic oxidation sites excluding steroid dienone is 1. The molecule has 1 aromatic heterocycles. The van der Waals surface area contributed by atoms with Crippen LogP contribution in [0.1, 0.15) is 50.3 Å². The van der Waals surface area contributed by atoms with Crippen LogP contribution in [0.4, 0.5) is 5.82 Å². The maximum atomic E-state index is 5.45. The number of hydrogen-bond donors (Lipinski definition) is 0. The Morgan fingerprint density at radius 1 is 1.00 bits per heavy atom. The summed E-state index contributed by atoms with van der Waals surface area (Å²) in [6.07, 6.45) is 14.4. The van der Waals surface area contributed by atoms with E-state index in [-0.39, 0.29) is 0 Å². The van der Waals surface area contributed by atoms with Gasteiger partial charge in [-0.15, -0.1) is 0 Å². The molecule has 5 nitrogen and oxygen atoms in total. The van der Waals surface area contributed by atoms with E-state index in [0.29, 0.717) is 12.0 Å². The third-order valence-corrected chi connectivity index (χ3v) is 5.84. The largest absolute Gasteiger partial charge is 0.378 e. The molecule has 4 rings (SSSR count). The highest BCUT2D eigenvalue weighted by Gasteiger charge is 2.27. The minimum atomic E-state index is 0.506. The normalized spacial score (nSPS) is 26.6. The van der Waals surface area contributed by atoms with Crippen LogP contribution in [0.15, 0.2) is 24.4 Å². The number of aromatic nitrogens is 2. The van der Waals surface area contributed by atoms with Crippen LogP contribution in [0, 0.1) is 0 Å². The Balaban J connectivity index is 1.37. The molecular weight excluding hydrogens is 312 g/mol. The predicted octanol–water partition coefficient (Wildman–Crippen LogP) is 2.99. The molecule has 5 heteroatoms. The summed E-state index contributed by atoms with van der Waals surface area (Å²) in [6.45, 7) is 5.81. The van der Waals surface area contributed by atoms with Gasteiger partial charge in [-0.25, -0.2) is 9.97 Å². The van der Waals surface area contributed by atoms with Crippen molar-refractivity contribution < 1.29 is 4.74 Å². The van der Waals surface area contributed by atoms with E-state index < -0.39 is 0 Å². The second-order valence-corrected chi connectivity index (χ2v) is 7.46. The Bertz CT molecular complexity index is 577. The first kappa shape index (κ1) is 17.0. The lowest BCUT2D eigenvalue weighted by Crippen LogP contribution is -2.40. The molecule has 0 aromatic carbocycles. The zero-order valence-electron chi connectivity index (χ0n) is 15.1. The standard InChI is InChI=1S/C20H30N4O/c1-2-4-6-18(5-3-1)23-11-8-17(9-12-23)20-21-10-7-19(22-20)24-13-15-25-16-14-24/h3,5,7,10,17-18H,1-2,4,6,8-9,11-16H2. The molecule has 3 aliphatic rings. The van der Waals surface area contributed by atoms with Gasteiger partial charge in [0.25, 0.3) is 0 Å². The molecule has 2 saturated heterocycles. The van der Waals surface area contributed by atoms with Crippen molar-refractivity contribution in [1.82, 2.24) is 14.9 Å². The molecular formula is C20H30N4O. The van der Waals surface area contributed by atoms with Gasteiger partial charge in [0, 0.05) is 31.2 Å². The van der Waals surface area contributed by atoms with E-state index in [1.807, 2.05) is 12.3 Å². The molecule has 2 fully saturated rings. The van der Waals surface area contributed by atoms with Crippen molar-refractivity contribution in [2.75, 3.05) is 44.3 Å². The molecule has 0 amide bonds. The number of ether oxygens (including phenoxy) is 1. The van der Waals surface area contributed by atoms with Crippen LogP contribution in [0.3, 0.4) is 0 Å². The van der Waals surface area contributed by atoms with Crippen LogP contribution < -0.4 is 4.90 Å². The molecule has 1 aliphatic carbocycles. The van der Waals surface area contributed by atoms with Crippen molar-refractivity contribution in [3.63, 3.8) is 0 Å². The lowest BCUT2D eigenvalue weighted by Gasteiger charge is -2.36. The van der Waals surface area contributed by atoms with Gasteiger partial charge < -0.3 is 9.64 Å². The van der Waals surface area contributed by atoms with Gasteiger partial charge in [0.05, 0.1) is 13.2 Å². The maximum Gasteiger partial charge on any atom is 0.133 e. The Morgan fingerprint density at radius 3 is 2.68 bits per heavy atom. The number of likely N-dealkylation sites (tertiary alicyclic amines) is 1. The van der Waals surface area contributed by atoms with Gasteiger partial charge in [-0.05, 0) is 51.3 Å². The summed E-state index contributed by atoms with van der Waals surface area (Å²) in [6, 6.07) is 2.70. The van der Waals surface area contributed by atoms with Gasteiger partial charge in [-0.1, -0.05) is 18.6 Å². The summed E-state index contributed by atoms with van der Waals surface area (Å²) in [4.78, 5) is 14.5. The number of hydrogen-bond acceptors (Lipinski definition) is 5.